The van der Waals surface area contributed by atoms with Crippen LogP contribution in [-0.4, -0.2) is 15.9 Å². The normalized spacial score (nSPS) is 10.5. The van der Waals surface area contributed by atoms with E-state index in [1.165, 1.54) is 11.5 Å². The van der Waals surface area contributed by atoms with Crippen LogP contribution in [-0.2, 0) is 0 Å². The highest BCUT2D eigenvalue weighted by Crippen LogP contribution is 2.27. The number of nitrogens with one attached hydrogen (secondary N) is 1. The number of rotatable bonds is 4. The van der Waals surface area contributed by atoms with Crippen molar-refractivity contribution in [3.8, 4) is 11.4 Å². The molecule has 0 aliphatic carbocycles. The molecule has 1 heterocycles. The molecule has 2 aromatic rings. The summed E-state index contributed by atoms with van der Waals surface area (Å²) < 4.78 is 4.27. The van der Waals surface area contributed by atoms with Crippen molar-refractivity contribution in [2.75, 3.05) is 11.9 Å². The molecule has 17 heavy (non-hydrogen) atoms. The predicted octanol–water partition coefficient (Wildman–Crippen LogP) is 4.33. The lowest BCUT2D eigenvalue weighted by atomic mass is 10.2. The quantitative estimate of drug-likeness (QED) is 0.909. The van der Waals surface area contributed by atoms with Gasteiger partial charge in [0.25, 0.3) is 0 Å². The molecule has 0 radical (unpaired) electrons. The summed E-state index contributed by atoms with van der Waals surface area (Å²) in [6.07, 6.45) is 1.05. The van der Waals surface area contributed by atoms with Crippen molar-refractivity contribution in [1.29, 1.82) is 0 Å². The lowest BCUT2D eigenvalue weighted by Crippen LogP contribution is -1.98. The van der Waals surface area contributed by atoms with Crippen molar-refractivity contribution < 1.29 is 0 Å². The van der Waals surface area contributed by atoms with Gasteiger partial charge in [0.05, 0.1) is 0 Å². The summed E-state index contributed by atoms with van der Waals surface area (Å²) in [6.45, 7) is 3.00. The Bertz CT molecular complexity index is 493. The van der Waals surface area contributed by atoms with Crippen molar-refractivity contribution in [2.45, 2.75) is 13.3 Å². The van der Waals surface area contributed by atoms with E-state index in [1.807, 2.05) is 0 Å². The van der Waals surface area contributed by atoms with Crippen LogP contribution in [0.2, 0.25) is 10.0 Å². The molecule has 2 rings (SSSR count). The molecule has 3 nitrogen and oxygen atoms in total. The molecule has 0 spiro atoms. The fourth-order valence-electron chi connectivity index (χ4n) is 1.33. The van der Waals surface area contributed by atoms with E-state index in [4.69, 9.17) is 23.2 Å². The summed E-state index contributed by atoms with van der Waals surface area (Å²) in [6, 6.07) is 5.30. The van der Waals surface area contributed by atoms with Gasteiger partial charge in [-0.2, -0.15) is 9.36 Å². The monoisotopic (exact) mass is 287 g/mol. The molecule has 0 bridgehead atoms. The molecule has 90 valence electrons. The van der Waals surface area contributed by atoms with E-state index in [1.54, 1.807) is 18.2 Å². The predicted molar refractivity (Wildman–Crippen MR) is 74.1 cm³/mol. The van der Waals surface area contributed by atoms with Gasteiger partial charge >= 0.3 is 0 Å². The van der Waals surface area contributed by atoms with Crippen LogP contribution in [0.3, 0.4) is 0 Å². The highest BCUT2D eigenvalue weighted by Gasteiger charge is 2.07. The minimum absolute atomic E-state index is 0.588. The molecule has 0 atom stereocenters. The van der Waals surface area contributed by atoms with Crippen molar-refractivity contribution in [1.82, 2.24) is 9.36 Å². The van der Waals surface area contributed by atoms with E-state index in [0.717, 1.165) is 23.7 Å². The summed E-state index contributed by atoms with van der Waals surface area (Å²) in [4.78, 5) is 4.38. The van der Waals surface area contributed by atoms with Crippen LogP contribution in [0.4, 0.5) is 5.13 Å². The number of nitrogens with zero attached hydrogens (tertiary/aromatic N) is 2. The third-order valence-electron chi connectivity index (χ3n) is 2.07. The van der Waals surface area contributed by atoms with E-state index in [9.17, 15) is 0 Å². The van der Waals surface area contributed by atoms with E-state index >= 15 is 0 Å². The van der Waals surface area contributed by atoms with Gasteiger partial charge in [0.2, 0.25) is 5.13 Å². The van der Waals surface area contributed by atoms with Crippen molar-refractivity contribution in [3.63, 3.8) is 0 Å². The summed E-state index contributed by atoms with van der Waals surface area (Å²) in [7, 11) is 0. The van der Waals surface area contributed by atoms with E-state index in [2.05, 4.69) is 21.6 Å². The van der Waals surface area contributed by atoms with Crippen LogP contribution in [0.15, 0.2) is 18.2 Å². The average molecular weight is 288 g/mol. The number of aromatic nitrogens is 2. The molecule has 0 aliphatic rings. The Morgan fingerprint density at radius 2 is 1.94 bits per heavy atom. The second-order valence-electron chi connectivity index (χ2n) is 3.51. The molecule has 6 heteroatoms. The summed E-state index contributed by atoms with van der Waals surface area (Å²) in [5, 5.41) is 5.19. The molecule has 1 aromatic heterocycles. The van der Waals surface area contributed by atoms with Gasteiger partial charge < -0.3 is 5.32 Å². The van der Waals surface area contributed by atoms with E-state index in [-0.39, 0.29) is 0 Å². The summed E-state index contributed by atoms with van der Waals surface area (Å²) in [5.74, 6) is 0.651. The molecule has 0 aliphatic heterocycles. The zero-order valence-electron chi connectivity index (χ0n) is 9.20. The Labute approximate surface area is 114 Å². The standard InChI is InChI=1S/C11H11Cl2N3S/c1-2-3-14-11-15-10(16-17-11)7-4-8(12)6-9(13)5-7/h4-6H,2-3H2,1H3,(H,14,15,16). The number of halogens is 2. The molecule has 1 aromatic carbocycles. The SMILES string of the molecule is CCCNc1nc(-c2cc(Cl)cc(Cl)c2)ns1. The van der Waals surface area contributed by atoms with Crippen LogP contribution >= 0.6 is 34.7 Å². The van der Waals surface area contributed by atoms with Crippen molar-refractivity contribution in [3.05, 3.63) is 28.2 Å². The molecule has 0 amide bonds. The third-order valence-corrected chi connectivity index (χ3v) is 3.18. The maximum atomic E-state index is 5.94. The van der Waals surface area contributed by atoms with Gasteiger partial charge in [-0.25, -0.2) is 0 Å². The Morgan fingerprint density at radius 3 is 2.59 bits per heavy atom. The second kappa shape index (κ2) is 5.67. The van der Waals surface area contributed by atoms with Gasteiger partial charge in [-0.1, -0.05) is 30.1 Å². The van der Waals surface area contributed by atoms with Crippen LogP contribution in [0.5, 0.6) is 0 Å². The number of anilines is 1. The summed E-state index contributed by atoms with van der Waals surface area (Å²) >= 11 is 13.2. The highest BCUT2D eigenvalue weighted by atomic mass is 35.5. The zero-order chi connectivity index (χ0) is 12.3. The van der Waals surface area contributed by atoms with Crippen LogP contribution < -0.4 is 5.32 Å². The van der Waals surface area contributed by atoms with Gasteiger partial charge in [0, 0.05) is 33.7 Å². The van der Waals surface area contributed by atoms with Gasteiger partial charge in [-0.05, 0) is 24.6 Å². The third kappa shape index (κ3) is 3.31. The Hall–Kier alpha value is -0.840. The number of hydrogen-bond donors (Lipinski definition) is 1. The lowest BCUT2D eigenvalue weighted by molar-refractivity contribution is 0.976. The first kappa shape index (κ1) is 12.6. The number of benzene rings is 1. The Kier molecular flexibility index (Phi) is 4.20. The van der Waals surface area contributed by atoms with E-state index in [0.29, 0.717) is 15.9 Å². The molecular formula is C11H11Cl2N3S. The minimum atomic E-state index is 0.588. The Balaban J connectivity index is 2.24. The van der Waals surface area contributed by atoms with Crippen LogP contribution in [0, 0.1) is 0 Å². The molecule has 0 fully saturated rings. The van der Waals surface area contributed by atoms with E-state index < -0.39 is 0 Å². The first-order valence-corrected chi connectivity index (χ1v) is 6.76. The molecular weight excluding hydrogens is 277 g/mol. The number of hydrogen-bond acceptors (Lipinski definition) is 4. The molecule has 0 saturated carbocycles. The zero-order valence-corrected chi connectivity index (χ0v) is 11.5. The van der Waals surface area contributed by atoms with Gasteiger partial charge in [0.1, 0.15) is 0 Å². The topological polar surface area (TPSA) is 37.8 Å². The van der Waals surface area contributed by atoms with Crippen molar-refractivity contribution in [2.24, 2.45) is 0 Å². The average Bonchev–Trinajstić information content (AvgIpc) is 2.73. The maximum Gasteiger partial charge on any atom is 0.202 e. The first-order valence-electron chi connectivity index (χ1n) is 5.23. The minimum Gasteiger partial charge on any atom is -0.360 e. The molecule has 0 unspecified atom stereocenters. The lowest BCUT2D eigenvalue weighted by Gasteiger charge is -1.98. The smallest absolute Gasteiger partial charge is 0.202 e. The fourth-order valence-corrected chi connectivity index (χ4v) is 2.47. The van der Waals surface area contributed by atoms with Gasteiger partial charge in [0.15, 0.2) is 5.82 Å². The van der Waals surface area contributed by atoms with Crippen LogP contribution in [0.25, 0.3) is 11.4 Å². The summed E-state index contributed by atoms with van der Waals surface area (Å²) in [5.41, 5.74) is 0.836. The highest BCUT2D eigenvalue weighted by molar-refractivity contribution is 7.09. The molecule has 1 N–H and O–H groups in total. The molecule has 0 saturated heterocycles. The first-order chi connectivity index (χ1) is 8.19. The maximum absolute atomic E-state index is 5.94. The largest absolute Gasteiger partial charge is 0.360 e. The van der Waals surface area contributed by atoms with Crippen LogP contribution in [0.1, 0.15) is 13.3 Å². The fraction of sp³-hybridized carbons (Fsp3) is 0.273. The van der Waals surface area contributed by atoms with Gasteiger partial charge in [-0.15, -0.1) is 0 Å². The van der Waals surface area contributed by atoms with Crippen molar-refractivity contribution >= 4 is 39.9 Å². The Morgan fingerprint density at radius 1 is 1.24 bits per heavy atom. The van der Waals surface area contributed by atoms with Gasteiger partial charge in [-0.3, -0.25) is 0 Å². The second-order valence-corrected chi connectivity index (χ2v) is 5.13.